The largest absolute Gasteiger partial charge is 0.382 e. The highest BCUT2D eigenvalue weighted by Crippen LogP contribution is 2.66. The maximum Gasteiger partial charge on any atom is 0.318 e. The zero-order valence-electron chi connectivity index (χ0n) is 22.5. The molecule has 3 amide bonds. The third kappa shape index (κ3) is 4.84. The number of rotatable bonds is 9. The molecule has 2 N–H and O–H groups in total. The number of nitrogens with zero attached hydrogens (tertiary/aromatic N) is 6. The van der Waals surface area contributed by atoms with Crippen LogP contribution in [0.25, 0.3) is 5.65 Å². The Morgan fingerprint density at radius 1 is 1.21 bits per heavy atom. The molecule has 4 atom stereocenters. The summed E-state index contributed by atoms with van der Waals surface area (Å²) in [5.74, 6) is -7.09. The Hall–Kier alpha value is -3.82. The first-order valence-electron chi connectivity index (χ1n) is 13.8. The Morgan fingerprint density at radius 2 is 1.98 bits per heavy atom. The molecule has 0 spiro atoms. The van der Waals surface area contributed by atoms with Crippen molar-refractivity contribution in [2.24, 2.45) is 17.8 Å². The highest BCUT2D eigenvalue weighted by atomic mass is 19.3. The molecule has 4 unspecified atom stereocenters. The molecule has 7 rings (SSSR count). The van der Waals surface area contributed by atoms with Crippen molar-refractivity contribution in [2.75, 3.05) is 26.8 Å². The average Bonchev–Trinajstić information content (AvgIpc) is 3.70. The minimum absolute atomic E-state index is 0.0672. The second kappa shape index (κ2) is 9.61. The van der Waals surface area contributed by atoms with E-state index in [-0.39, 0.29) is 48.8 Å². The Morgan fingerprint density at radius 3 is 2.69 bits per heavy atom. The molecule has 3 saturated carbocycles. The standard InChI is InChI=1S/C26H28F4N8O4/c1-41-9-17(37-11-26(29,30)10-31-24(37)40)13-4-18-33-16(8-38(18)32-7-13)21(19-14-5-25(27,28)6-15(14)19)34-23(39)22-20(12-2-3-12)35-42-36-22/h4,7-8,12,14-15,17,19,21H,2-3,5-6,9-11H2,1H3,(H,31,40)(H,34,39). The Labute approximate surface area is 236 Å². The fraction of sp³-hybridized carbons (Fsp3) is 0.615. The van der Waals surface area contributed by atoms with Crippen LogP contribution in [0.1, 0.15) is 71.1 Å². The lowest BCUT2D eigenvalue weighted by Crippen LogP contribution is -2.58. The van der Waals surface area contributed by atoms with Gasteiger partial charge in [0.25, 0.3) is 11.8 Å². The number of carbonyl (C=O) groups is 2. The molecule has 224 valence electrons. The van der Waals surface area contributed by atoms with E-state index in [0.717, 1.165) is 17.7 Å². The smallest absolute Gasteiger partial charge is 0.318 e. The molecule has 4 heterocycles. The summed E-state index contributed by atoms with van der Waals surface area (Å²) < 4.78 is 67.9. The van der Waals surface area contributed by atoms with Gasteiger partial charge >= 0.3 is 6.03 Å². The van der Waals surface area contributed by atoms with Gasteiger partial charge in [0.05, 0.1) is 49.9 Å². The van der Waals surface area contributed by atoms with Crippen LogP contribution >= 0.6 is 0 Å². The summed E-state index contributed by atoms with van der Waals surface area (Å²) in [5.41, 5.74) is 1.70. The van der Waals surface area contributed by atoms with Gasteiger partial charge < -0.3 is 20.3 Å². The van der Waals surface area contributed by atoms with E-state index in [4.69, 9.17) is 9.37 Å². The van der Waals surface area contributed by atoms with Gasteiger partial charge in [-0.2, -0.15) is 5.10 Å². The first-order valence-corrected chi connectivity index (χ1v) is 13.8. The van der Waals surface area contributed by atoms with Gasteiger partial charge in [0, 0.05) is 31.4 Å². The molecule has 4 fully saturated rings. The third-order valence-corrected chi connectivity index (χ3v) is 8.76. The minimum Gasteiger partial charge on any atom is -0.382 e. The third-order valence-electron chi connectivity index (χ3n) is 8.76. The number of hydrogen-bond donors (Lipinski definition) is 2. The molecular weight excluding hydrogens is 564 g/mol. The second-order valence-corrected chi connectivity index (χ2v) is 11.8. The van der Waals surface area contributed by atoms with Crippen LogP contribution in [0.2, 0.25) is 0 Å². The number of fused-ring (bicyclic) bond motifs is 2. The van der Waals surface area contributed by atoms with Crippen LogP contribution in [-0.2, 0) is 4.74 Å². The van der Waals surface area contributed by atoms with Crippen molar-refractivity contribution in [3.8, 4) is 0 Å². The zero-order chi connectivity index (χ0) is 29.4. The van der Waals surface area contributed by atoms with Gasteiger partial charge in [0.2, 0.25) is 5.92 Å². The lowest BCUT2D eigenvalue weighted by atomic mass is 9.99. The molecule has 0 radical (unpaired) electrons. The fourth-order valence-corrected chi connectivity index (χ4v) is 6.57. The Kier molecular flexibility index (Phi) is 6.18. The van der Waals surface area contributed by atoms with E-state index in [9.17, 15) is 27.2 Å². The Bertz CT molecular complexity index is 1530. The molecule has 3 aliphatic carbocycles. The fourth-order valence-electron chi connectivity index (χ4n) is 6.57. The SMILES string of the molecule is COCC(c1cnn2cc(C(NC(=O)c3nonc3C3CC3)C3C4CC(F)(F)CC43)nc2c1)N1CC(F)(F)CNC1=O. The predicted octanol–water partition coefficient (Wildman–Crippen LogP) is 3.10. The van der Waals surface area contributed by atoms with Crippen molar-refractivity contribution in [1.29, 1.82) is 0 Å². The van der Waals surface area contributed by atoms with Crippen molar-refractivity contribution in [3.63, 3.8) is 0 Å². The molecule has 4 aliphatic rings. The van der Waals surface area contributed by atoms with Gasteiger partial charge in [-0.05, 0) is 41.8 Å². The molecule has 1 saturated heterocycles. The average molecular weight is 593 g/mol. The molecule has 16 heteroatoms. The number of ether oxygens (including phenoxy) is 1. The van der Waals surface area contributed by atoms with Crippen molar-refractivity contribution >= 4 is 17.6 Å². The molecule has 3 aromatic rings. The van der Waals surface area contributed by atoms with E-state index in [2.05, 4.69) is 31.0 Å². The minimum atomic E-state index is -3.12. The number of nitrogens with one attached hydrogen (secondary N) is 2. The van der Waals surface area contributed by atoms with Gasteiger partial charge in [0.1, 0.15) is 5.69 Å². The first-order chi connectivity index (χ1) is 20.0. The number of urea groups is 1. The summed E-state index contributed by atoms with van der Waals surface area (Å²) in [6, 6.07) is -0.633. The van der Waals surface area contributed by atoms with Gasteiger partial charge in [-0.15, -0.1) is 0 Å². The van der Waals surface area contributed by atoms with E-state index < -0.39 is 49.0 Å². The molecule has 3 aromatic heterocycles. The van der Waals surface area contributed by atoms with E-state index in [0.29, 0.717) is 22.6 Å². The van der Waals surface area contributed by atoms with E-state index in [1.807, 2.05) is 0 Å². The van der Waals surface area contributed by atoms with Gasteiger partial charge in [-0.1, -0.05) is 5.16 Å². The topological polar surface area (TPSA) is 140 Å². The molecule has 0 bridgehead atoms. The Balaban J connectivity index is 1.19. The van der Waals surface area contributed by atoms with Crippen molar-refractivity contribution in [3.05, 3.63) is 41.1 Å². The summed E-state index contributed by atoms with van der Waals surface area (Å²) in [6.45, 7) is -1.61. The van der Waals surface area contributed by atoms with E-state index >= 15 is 0 Å². The number of amides is 3. The number of halogens is 4. The zero-order valence-corrected chi connectivity index (χ0v) is 22.5. The molecule has 12 nitrogen and oxygen atoms in total. The van der Waals surface area contributed by atoms with Crippen LogP contribution in [0.5, 0.6) is 0 Å². The quantitative estimate of drug-likeness (QED) is 0.362. The van der Waals surface area contributed by atoms with Crippen molar-refractivity contribution in [2.45, 2.75) is 55.5 Å². The maximum atomic E-state index is 14.2. The number of imidazole rings is 1. The van der Waals surface area contributed by atoms with Crippen LogP contribution in [0.4, 0.5) is 22.4 Å². The molecule has 0 aromatic carbocycles. The number of methoxy groups -OCH3 is 1. The summed E-state index contributed by atoms with van der Waals surface area (Å²) >= 11 is 0. The van der Waals surface area contributed by atoms with Crippen LogP contribution in [0, 0.1) is 17.8 Å². The second-order valence-electron chi connectivity index (χ2n) is 11.8. The van der Waals surface area contributed by atoms with Crippen LogP contribution < -0.4 is 10.6 Å². The van der Waals surface area contributed by atoms with Crippen molar-refractivity contribution < 1.29 is 36.5 Å². The van der Waals surface area contributed by atoms with Crippen LogP contribution in [-0.4, -0.2) is 80.4 Å². The monoisotopic (exact) mass is 592 g/mol. The van der Waals surface area contributed by atoms with Crippen LogP contribution in [0.3, 0.4) is 0 Å². The summed E-state index contributed by atoms with van der Waals surface area (Å²) in [6.07, 6.45) is 4.27. The normalized spacial score (nSPS) is 27.4. The molecular formula is C26H28F4N8O4. The lowest BCUT2D eigenvalue weighted by molar-refractivity contribution is -0.0509. The summed E-state index contributed by atoms with van der Waals surface area (Å²) in [5, 5.41) is 17.2. The van der Waals surface area contributed by atoms with Crippen LogP contribution in [0.15, 0.2) is 23.1 Å². The van der Waals surface area contributed by atoms with E-state index in [1.165, 1.54) is 17.8 Å². The van der Waals surface area contributed by atoms with Gasteiger partial charge in [-0.25, -0.2) is 36.5 Å². The van der Waals surface area contributed by atoms with Gasteiger partial charge in [-0.3, -0.25) is 4.79 Å². The predicted molar refractivity (Wildman–Crippen MR) is 134 cm³/mol. The maximum absolute atomic E-state index is 14.2. The highest BCUT2D eigenvalue weighted by Gasteiger charge is 2.65. The number of carbonyl (C=O) groups excluding carboxylic acids is 2. The first kappa shape index (κ1) is 27.0. The number of hydrogen-bond acceptors (Lipinski definition) is 8. The van der Waals surface area contributed by atoms with Gasteiger partial charge in [0.15, 0.2) is 11.3 Å². The lowest BCUT2D eigenvalue weighted by Gasteiger charge is -2.38. The number of alkyl halides is 4. The highest BCUT2D eigenvalue weighted by molar-refractivity contribution is 5.93. The number of aromatic nitrogens is 5. The summed E-state index contributed by atoms with van der Waals surface area (Å²) in [4.78, 5) is 31.5. The van der Waals surface area contributed by atoms with E-state index in [1.54, 1.807) is 12.3 Å². The summed E-state index contributed by atoms with van der Waals surface area (Å²) in [7, 11) is 1.40. The van der Waals surface area contributed by atoms with Crippen molar-refractivity contribution in [1.82, 2.24) is 40.4 Å². The molecule has 42 heavy (non-hydrogen) atoms. The molecule has 1 aliphatic heterocycles.